The molecule has 0 unspecified atom stereocenters. The van der Waals surface area contributed by atoms with E-state index in [2.05, 4.69) is 35.7 Å². The lowest BCUT2D eigenvalue weighted by atomic mass is 9.68. The van der Waals surface area contributed by atoms with Crippen LogP contribution in [0.2, 0.25) is 0 Å². The Kier molecular flexibility index (Phi) is 4.90. The quantitative estimate of drug-likeness (QED) is 0.566. The van der Waals surface area contributed by atoms with Crippen molar-refractivity contribution in [2.45, 2.75) is 11.8 Å². The number of rotatable bonds is 5. The average molecular weight is 369 g/mol. The van der Waals surface area contributed by atoms with E-state index in [0.717, 1.165) is 29.8 Å². The van der Waals surface area contributed by atoms with Crippen LogP contribution in [0.15, 0.2) is 103 Å². The van der Waals surface area contributed by atoms with Gasteiger partial charge in [0.05, 0.1) is 0 Å². The first-order chi connectivity index (χ1) is 13.7. The molecule has 3 heteroatoms. The molecule has 3 aromatic carbocycles. The van der Waals surface area contributed by atoms with Crippen LogP contribution < -0.4 is 5.32 Å². The zero-order valence-corrected chi connectivity index (χ0v) is 15.5. The Morgan fingerprint density at radius 2 is 1.32 bits per heavy atom. The van der Waals surface area contributed by atoms with Gasteiger partial charge in [-0.3, -0.25) is 0 Å². The van der Waals surface area contributed by atoms with Crippen molar-refractivity contribution in [1.29, 1.82) is 0 Å². The Bertz CT molecular complexity index is 941. The van der Waals surface area contributed by atoms with Gasteiger partial charge < -0.3 is 15.5 Å². The first kappa shape index (κ1) is 17.9. The number of nitrogens with one attached hydrogen (secondary N) is 1. The minimum absolute atomic E-state index is 0.255. The maximum atomic E-state index is 9.74. The summed E-state index contributed by atoms with van der Waals surface area (Å²) in [6.45, 7) is 0.756. The summed E-state index contributed by atoms with van der Waals surface area (Å²) in [5, 5.41) is 23.0. The SMILES string of the molecule is Oc1ccc(C2(c3ccc(O)cc3)C=CC=C(CNc3ccccc3)C2)cc1. The van der Waals surface area contributed by atoms with Crippen molar-refractivity contribution in [3.05, 3.63) is 114 Å². The standard InChI is InChI=1S/C25H23NO2/c27-23-12-8-20(9-13-23)25(21-10-14-24(28)15-11-21)16-4-5-19(17-25)18-26-22-6-2-1-3-7-22/h1-16,26-28H,17-18H2. The first-order valence-corrected chi connectivity index (χ1v) is 9.41. The Labute approximate surface area is 165 Å². The van der Waals surface area contributed by atoms with Crippen molar-refractivity contribution in [2.24, 2.45) is 0 Å². The van der Waals surface area contributed by atoms with Crippen LogP contribution in [0.3, 0.4) is 0 Å². The molecule has 0 fully saturated rings. The molecule has 0 aliphatic heterocycles. The van der Waals surface area contributed by atoms with Crippen molar-refractivity contribution in [2.75, 3.05) is 11.9 Å². The fraction of sp³-hybridized carbons (Fsp3) is 0.120. The molecule has 0 amide bonds. The number of para-hydroxylation sites is 1. The summed E-state index contributed by atoms with van der Waals surface area (Å²) in [5.41, 5.74) is 4.25. The van der Waals surface area contributed by atoms with Gasteiger partial charge in [0.2, 0.25) is 0 Å². The van der Waals surface area contributed by atoms with Crippen LogP contribution >= 0.6 is 0 Å². The third-order valence-corrected chi connectivity index (χ3v) is 5.28. The third kappa shape index (κ3) is 3.65. The molecule has 28 heavy (non-hydrogen) atoms. The van der Waals surface area contributed by atoms with E-state index in [-0.39, 0.29) is 16.9 Å². The van der Waals surface area contributed by atoms with Crippen molar-refractivity contribution >= 4 is 5.69 Å². The molecule has 0 saturated carbocycles. The van der Waals surface area contributed by atoms with E-state index >= 15 is 0 Å². The highest BCUT2D eigenvalue weighted by atomic mass is 16.3. The molecule has 3 aromatic rings. The van der Waals surface area contributed by atoms with Crippen LogP contribution in [0.1, 0.15) is 17.5 Å². The molecule has 0 spiro atoms. The predicted octanol–water partition coefficient (Wildman–Crippen LogP) is 5.38. The van der Waals surface area contributed by atoms with E-state index in [1.54, 1.807) is 24.3 Å². The number of benzene rings is 3. The number of hydrogen-bond acceptors (Lipinski definition) is 3. The van der Waals surface area contributed by atoms with Gasteiger partial charge >= 0.3 is 0 Å². The molecule has 3 N–H and O–H groups in total. The van der Waals surface area contributed by atoms with Gasteiger partial charge in [-0.2, -0.15) is 0 Å². The van der Waals surface area contributed by atoms with Gasteiger partial charge in [0.25, 0.3) is 0 Å². The van der Waals surface area contributed by atoms with Gasteiger partial charge in [-0.05, 0) is 59.5 Å². The second-order valence-corrected chi connectivity index (χ2v) is 7.15. The van der Waals surface area contributed by atoms with Crippen LogP contribution in [0.25, 0.3) is 0 Å². The molecule has 0 radical (unpaired) electrons. The van der Waals surface area contributed by atoms with Crippen molar-refractivity contribution in [3.63, 3.8) is 0 Å². The number of phenolic OH excluding ortho intramolecular Hbond substituents is 2. The topological polar surface area (TPSA) is 52.5 Å². The van der Waals surface area contributed by atoms with E-state index in [1.165, 1.54) is 5.57 Å². The number of allylic oxidation sites excluding steroid dienone is 3. The molecule has 0 bridgehead atoms. The summed E-state index contributed by atoms with van der Waals surface area (Å²) in [5.74, 6) is 0.511. The molecule has 0 heterocycles. The molecule has 3 nitrogen and oxygen atoms in total. The van der Waals surface area contributed by atoms with Crippen LogP contribution in [0.4, 0.5) is 5.69 Å². The monoisotopic (exact) mass is 369 g/mol. The van der Waals surface area contributed by atoms with E-state index < -0.39 is 0 Å². The molecule has 0 saturated heterocycles. The number of hydrogen-bond donors (Lipinski definition) is 3. The number of phenols is 2. The predicted molar refractivity (Wildman–Crippen MR) is 114 cm³/mol. The fourth-order valence-corrected chi connectivity index (χ4v) is 3.80. The van der Waals surface area contributed by atoms with Crippen molar-refractivity contribution < 1.29 is 10.2 Å². The Balaban J connectivity index is 1.66. The highest BCUT2D eigenvalue weighted by Gasteiger charge is 2.34. The van der Waals surface area contributed by atoms with Gasteiger partial charge in [0.1, 0.15) is 11.5 Å². The largest absolute Gasteiger partial charge is 0.508 e. The first-order valence-electron chi connectivity index (χ1n) is 9.41. The molecular formula is C25H23NO2. The van der Waals surface area contributed by atoms with E-state index in [4.69, 9.17) is 0 Å². The third-order valence-electron chi connectivity index (χ3n) is 5.28. The van der Waals surface area contributed by atoms with Crippen LogP contribution in [0, 0.1) is 0 Å². The van der Waals surface area contributed by atoms with Gasteiger partial charge in [0, 0.05) is 17.6 Å². The second-order valence-electron chi connectivity index (χ2n) is 7.15. The molecule has 1 aliphatic carbocycles. The van der Waals surface area contributed by atoms with E-state index in [0.29, 0.717) is 0 Å². The summed E-state index contributed by atoms with van der Waals surface area (Å²) in [7, 11) is 0. The lowest BCUT2D eigenvalue weighted by Crippen LogP contribution is -2.29. The molecule has 0 atom stereocenters. The Morgan fingerprint density at radius 1 is 0.750 bits per heavy atom. The Hall–Kier alpha value is -3.46. The van der Waals surface area contributed by atoms with Gasteiger partial charge in [-0.15, -0.1) is 0 Å². The molecule has 4 rings (SSSR count). The van der Waals surface area contributed by atoms with E-state index in [1.807, 2.05) is 42.5 Å². The second kappa shape index (κ2) is 7.65. The molecule has 0 aromatic heterocycles. The maximum absolute atomic E-state index is 9.74. The Morgan fingerprint density at radius 3 is 1.89 bits per heavy atom. The highest BCUT2D eigenvalue weighted by Crippen LogP contribution is 2.42. The van der Waals surface area contributed by atoms with Crippen LogP contribution in [-0.2, 0) is 5.41 Å². The summed E-state index contributed by atoms with van der Waals surface area (Å²) in [6, 6.07) is 25.0. The zero-order valence-electron chi connectivity index (χ0n) is 15.5. The van der Waals surface area contributed by atoms with Crippen molar-refractivity contribution in [3.8, 4) is 11.5 Å². The van der Waals surface area contributed by atoms with Crippen LogP contribution in [-0.4, -0.2) is 16.8 Å². The summed E-state index contributed by atoms with van der Waals surface area (Å²) in [6.07, 6.45) is 7.29. The smallest absolute Gasteiger partial charge is 0.115 e. The summed E-state index contributed by atoms with van der Waals surface area (Å²) < 4.78 is 0. The number of anilines is 1. The maximum Gasteiger partial charge on any atom is 0.115 e. The lowest BCUT2D eigenvalue weighted by Gasteiger charge is -2.35. The molecule has 140 valence electrons. The number of aromatic hydroxyl groups is 2. The summed E-state index contributed by atoms with van der Waals surface area (Å²) >= 11 is 0. The minimum Gasteiger partial charge on any atom is -0.508 e. The normalized spacial score (nSPS) is 15.1. The van der Waals surface area contributed by atoms with Crippen LogP contribution in [0.5, 0.6) is 11.5 Å². The van der Waals surface area contributed by atoms with Gasteiger partial charge in [0.15, 0.2) is 0 Å². The zero-order chi connectivity index (χ0) is 19.4. The van der Waals surface area contributed by atoms with Gasteiger partial charge in [-0.25, -0.2) is 0 Å². The van der Waals surface area contributed by atoms with Crippen molar-refractivity contribution in [1.82, 2.24) is 0 Å². The molecular weight excluding hydrogens is 346 g/mol. The highest BCUT2D eigenvalue weighted by molar-refractivity contribution is 5.52. The summed E-state index contributed by atoms with van der Waals surface area (Å²) in [4.78, 5) is 0. The fourth-order valence-electron chi connectivity index (χ4n) is 3.80. The average Bonchev–Trinajstić information content (AvgIpc) is 2.74. The van der Waals surface area contributed by atoms with E-state index in [9.17, 15) is 10.2 Å². The molecule has 1 aliphatic rings. The van der Waals surface area contributed by atoms with Gasteiger partial charge in [-0.1, -0.05) is 60.7 Å². The minimum atomic E-state index is -0.343. The lowest BCUT2D eigenvalue weighted by molar-refractivity contribution is 0.474.